The van der Waals surface area contributed by atoms with E-state index in [1.54, 1.807) is 6.20 Å². The molecule has 0 aliphatic carbocycles. The number of halogens is 1. The van der Waals surface area contributed by atoms with Gasteiger partial charge in [0.05, 0.1) is 3.92 Å². The minimum absolute atomic E-state index is 0.0312. The van der Waals surface area contributed by atoms with Gasteiger partial charge in [-0.25, -0.2) is 4.98 Å². The van der Waals surface area contributed by atoms with Gasteiger partial charge < -0.3 is 0 Å². The van der Waals surface area contributed by atoms with Crippen LogP contribution in [0.2, 0.25) is 0 Å². The molecular weight excluding hydrogens is 261 g/mol. The summed E-state index contributed by atoms with van der Waals surface area (Å²) in [6, 6.07) is 0. The zero-order chi connectivity index (χ0) is 7.56. The van der Waals surface area contributed by atoms with Crippen LogP contribution < -0.4 is 0 Å². The highest BCUT2D eigenvalue weighted by atomic mass is 127. The number of rotatable bonds is 2. The normalized spacial score (nSPS) is 13.0. The van der Waals surface area contributed by atoms with Gasteiger partial charge in [0, 0.05) is 11.6 Å². The van der Waals surface area contributed by atoms with E-state index in [2.05, 4.69) is 27.6 Å². The van der Waals surface area contributed by atoms with Crippen molar-refractivity contribution in [2.75, 3.05) is 0 Å². The van der Waals surface area contributed by atoms with Crippen molar-refractivity contribution in [2.45, 2.75) is 10.8 Å². The molecular formula is C6H6INOS. The Kier molecular flexibility index (Phi) is 2.79. The molecule has 1 unspecified atom stereocenters. The van der Waals surface area contributed by atoms with Crippen LogP contribution in [0, 0.1) is 0 Å². The lowest BCUT2D eigenvalue weighted by Crippen LogP contribution is -2.08. The molecule has 0 aromatic carbocycles. The van der Waals surface area contributed by atoms with Crippen molar-refractivity contribution < 1.29 is 4.79 Å². The molecule has 0 saturated carbocycles. The molecule has 1 heterocycles. The number of ketones is 1. The van der Waals surface area contributed by atoms with E-state index in [-0.39, 0.29) is 9.71 Å². The SMILES string of the molecule is CC(I)C(=O)c1nccs1. The lowest BCUT2D eigenvalue weighted by Gasteiger charge is -1.95. The Morgan fingerprint density at radius 3 is 3.00 bits per heavy atom. The molecule has 1 aromatic heterocycles. The lowest BCUT2D eigenvalue weighted by molar-refractivity contribution is 0.0998. The molecule has 4 heteroatoms. The van der Waals surface area contributed by atoms with Crippen LogP contribution in [0.5, 0.6) is 0 Å². The molecule has 1 atom stereocenters. The van der Waals surface area contributed by atoms with Gasteiger partial charge in [0.15, 0.2) is 5.01 Å². The molecule has 0 spiro atoms. The largest absolute Gasteiger partial charge is 0.290 e. The van der Waals surface area contributed by atoms with E-state index < -0.39 is 0 Å². The molecule has 0 aliphatic rings. The standard InChI is InChI=1S/C6H6INOS/c1-4(7)5(9)6-8-2-3-10-6/h2-4H,1H3. The zero-order valence-electron chi connectivity index (χ0n) is 5.37. The fraction of sp³-hybridized carbons (Fsp3) is 0.333. The summed E-state index contributed by atoms with van der Waals surface area (Å²) >= 11 is 3.48. The molecule has 0 aliphatic heterocycles. The summed E-state index contributed by atoms with van der Waals surface area (Å²) in [6.07, 6.45) is 1.65. The van der Waals surface area contributed by atoms with Crippen LogP contribution >= 0.6 is 33.9 Å². The minimum atomic E-state index is 0.0312. The summed E-state index contributed by atoms with van der Waals surface area (Å²) in [5, 5.41) is 2.42. The molecule has 10 heavy (non-hydrogen) atoms. The minimum Gasteiger partial charge on any atom is -0.290 e. The molecule has 0 fully saturated rings. The smallest absolute Gasteiger partial charge is 0.203 e. The zero-order valence-corrected chi connectivity index (χ0v) is 8.35. The van der Waals surface area contributed by atoms with Gasteiger partial charge in [-0.15, -0.1) is 11.3 Å². The molecule has 0 amide bonds. The maximum absolute atomic E-state index is 11.1. The second kappa shape index (κ2) is 3.43. The highest BCUT2D eigenvalue weighted by Gasteiger charge is 2.13. The van der Waals surface area contributed by atoms with E-state index in [1.807, 2.05) is 12.3 Å². The predicted molar refractivity (Wildman–Crippen MR) is 49.9 cm³/mol. The Balaban J connectivity index is 2.78. The van der Waals surface area contributed by atoms with E-state index >= 15 is 0 Å². The summed E-state index contributed by atoms with van der Waals surface area (Å²) < 4.78 is 0.0312. The molecule has 54 valence electrons. The van der Waals surface area contributed by atoms with Gasteiger partial charge in [0.25, 0.3) is 0 Å². The van der Waals surface area contributed by atoms with Gasteiger partial charge in [0.1, 0.15) is 0 Å². The predicted octanol–water partition coefficient (Wildman–Crippen LogP) is 2.15. The fourth-order valence-corrected chi connectivity index (χ4v) is 1.69. The summed E-state index contributed by atoms with van der Waals surface area (Å²) in [4.78, 5) is 15.0. The van der Waals surface area contributed by atoms with Crippen molar-refractivity contribution in [1.82, 2.24) is 4.98 Å². The number of carbonyl (C=O) groups excluding carboxylic acids is 1. The van der Waals surface area contributed by atoms with Crippen molar-refractivity contribution in [1.29, 1.82) is 0 Å². The number of nitrogens with zero attached hydrogens (tertiary/aromatic N) is 1. The number of thiazole rings is 1. The first-order valence-electron chi connectivity index (χ1n) is 2.79. The molecule has 1 rings (SSSR count). The van der Waals surface area contributed by atoms with E-state index in [9.17, 15) is 4.79 Å². The fourth-order valence-electron chi connectivity index (χ4n) is 0.515. The van der Waals surface area contributed by atoms with Gasteiger partial charge in [-0.1, -0.05) is 22.6 Å². The van der Waals surface area contributed by atoms with Gasteiger partial charge in [-0.2, -0.15) is 0 Å². The maximum Gasteiger partial charge on any atom is 0.203 e. The molecule has 0 bridgehead atoms. The third-order valence-electron chi connectivity index (χ3n) is 1.00. The van der Waals surface area contributed by atoms with Crippen LogP contribution in [-0.2, 0) is 0 Å². The third kappa shape index (κ3) is 1.76. The van der Waals surface area contributed by atoms with E-state index in [1.165, 1.54) is 11.3 Å². The lowest BCUT2D eigenvalue weighted by atomic mass is 10.3. The first-order valence-corrected chi connectivity index (χ1v) is 4.92. The first-order chi connectivity index (χ1) is 4.72. The van der Waals surface area contributed by atoms with Gasteiger partial charge in [0.2, 0.25) is 5.78 Å². The number of hydrogen-bond donors (Lipinski definition) is 0. The van der Waals surface area contributed by atoms with Gasteiger partial charge >= 0.3 is 0 Å². The van der Waals surface area contributed by atoms with Crippen molar-refractivity contribution in [3.05, 3.63) is 16.6 Å². The van der Waals surface area contributed by atoms with Crippen LogP contribution in [0.4, 0.5) is 0 Å². The number of hydrogen-bond acceptors (Lipinski definition) is 3. The Bertz CT molecular complexity index is 220. The van der Waals surface area contributed by atoms with Crippen molar-refractivity contribution in [2.24, 2.45) is 0 Å². The third-order valence-corrected chi connectivity index (χ3v) is 2.36. The van der Waals surface area contributed by atoms with Crippen LogP contribution in [0.3, 0.4) is 0 Å². The molecule has 0 saturated heterocycles. The number of Topliss-reactive ketones (excluding diaryl/α,β-unsaturated/α-hetero) is 1. The van der Waals surface area contributed by atoms with Crippen LogP contribution in [-0.4, -0.2) is 14.7 Å². The number of aromatic nitrogens is 1. The van der Waals surface area contributed by atoms with Crippen LogP contribution in [0.15, 0.2) is 11.6 Å². The number of carbonyl (C=O) groups is 1. The number of alkyl halides is 1. The quantitative estimate of drug-likeness (QED) is 0.467. The first kappa shape index (κ1) is 8.13. The van der Waals surface area contributed by atoms with Crippen LogP contribution in [0.1, 0.15) is 16.7 Å². The second-order valence-electron chi connectivity index (χ2n) is 1.82. The van der Waals surface area contributed by atoms with Crippen molar-refractivity contribution in [3.63, 3.8) is 0 Å². The average molecular weight is 267 g/mol. The topological polar surface area (TPSA) is 30.0 Å². The molecule has 0 N–H and O–H groups in total. The van der Waals surface area contributed by atoms with E-state index in [4.69, 9.17) is 0 Å². The summed E-state index contributed by atoms with van der Waals surface area (Å²) in [5.74, 6) is 0.121. The monoisotopic (exact) mass is 267 g/mol. The molecule has 0 radical (unpaired) electrons. The summed E-state index contributed by atoms with van der Waals surface area (Å²) in [6.45, 7) is 1.87. The Morgan fingerprint density at radius 2 is 2.60 bits per heavy atom. The van der Waals surface area contributed by atoms with Crippen molar-refractivity contribution >= 4 is 39.7 Å². The second-order valence-corrected chi connectivity index (χ2v) is 4.58. The maximum atomic E-state index is 11.1. The Morgan fingerprint density at radius 1 is 1.90 bits per heavy atom. The average Bonchev–Trinajstić information content (AvgIpc) is 2.36. The van der Waals surface area contributed by atoms with Gasteiger partial charge in [-0.05, 0) is 6.92 Å². The van der Waals surface area contributed by atoms with Crippen molar-refractivity contribution in [3.8, 4) is 0 Å². The highest BCUT2D eigenvalue weighted by molar-refractivity contribution is 14.1. The Hall–Kier alpha value is 0.0300. The van der Waals surface area contributed by atoms with E-state index in [0.29, 0.717) is 5.01 Å². The Labute approximate surface area is 76.8 Å². The molecule has 2 nitrogen and oxygen atoms in total. The molecule has 1 aromatic rings. The highest BCUT2D eigenvalue weighted by Crippen LogP contribution is 2.11. The summed E-state index contributed by atoms with van der Waals surface area (Å²) in [5.41, 5.74) is 0. The van der Waals surface area contributed by atoms with Gasteiger partial charge in [-0.3, -0.25) is 4.79 Å². The summed E-state index contributed by atoms with van der Waals surface area (Å²) in [7, 11) is 0. The van der Waals surface area contributed by atoms with E-state index in [0.717, 1.165) is 0 Å². The van der Waals surface area contributed by atoms with Crippen LogP contribution in [0.25, 0.3) is 0 Å².